The van der Waals surface area contributed by atoms with Crippen LogP contribution in [0.2, 0.25) is 0 Å². The minimum absolute atomic E-state index is 0.0516. The number of hydrogen-bond donors (Lipinski definition) is 2. The largest absolute Gasteiger partial charge is 0.481 e. The number of nitrogens with one attached hydrogen (secondary N) is 1. The van der Waals surface area contributed by atoms with Crippen molar-refractivity contribution in [1.82, 2.24) is 10.2 Å². The van der Waals surface area contributed by atoms with Crippen LogP contribution in [-0.2, 0) is 14.3 Å². The molecule has 0 heterocycles. The zero-order chi connectivity index (χ0) is 16.1. The lowest BCUT2D eigenvalue weighted by Crippen LogP contribution is -2.45. The van der Waals surface area contributed by atoms with Crippen LogP contribution in [0, 0.1) is 0 Å². The van der Waals surface area contributed by atoms with Crippen LogP contribution < -0.4 is 5.32 Å². The summed E-state index contributed by atoms with van der Waals surface area (Å²) in [6, 6.07) is -0.199. The Bertz CT molecular complexity index is 299. The Balaban J connectivity index is 4.13. The van der Waals surface area contributed by atoms with Gasteiger partial charge < -0.3 is 24.8 Å². The van der Waals surface area contributed by atoms with Gasteiger partial charge in [-0.15, -0.1) is 0 Å². The first-order valence-electron chi connectivity index (χ1n) is 7.26. The van der Waals surface area contributed by atoms with E-state index in [0.29, 0.717) is 39.1 Å². The van der Waals surface area contributed by atoms with Gasteiger partial charge in [0.2, 0.25) is 0 Å². The molecule has 0 bridgehead atoms. The highest BCUT2D eigenvalue weighted by atomic mass is 16.5. The number of methoxy groups -OCH3 is 2. The Morgan fingerprint density at radius 1 is 1.14 bits per heavy atom. The monoisotopic (exact) mass is 304 g/mol. The number of amides is 2. The lowest BCUT2D eigenvalue weighted by atomic mass is 10.1. The zero-order valence-electron chi connectivity index (χ0n) is 13.3. The first-order chi connectivity index (χ1) is 10.0. The van der Waals surface area contributed by atoms with E-state index in [1.165, 1.54) is 0 Å². The molecule has 1 atom stereocenters. The molecular weight excluding hydrogens is 276 g/mol. The van der Waals surface area contributed by atoms with Crippen LogP contribution in [0.4, 0.5) is 4.79 Å². The van der Waals surface area contributed by atoms with Crippen LogP contribution in [-0.4, -0.2) is 68.6 Å². The molecule has 21 heavy (non-hydrogen) atoms. The van der Waals surface area contributed by atoms with Gasteiger partial charge in [0, 0.05) is 46.4 Å². The SMILES string of the molecule is COCCCN(CCOC)C(=O)NC(C)CCCC(=O)O. The second kappa shape index (κ2) is 12.4. The highest BCUT2D eigenvalue weighted by molar-refractivity contribution is 5.74. The second-order valence-corrected chi connectivity index (χ2v) is 4.96. The number of ether oxygens (including phenoxy) is 2. The van der Waals surface area contributed by atoms with Gasteiger partial charge in [0.1, 0.15) is 0 Å². The van der Waals surface area contributed by atoms with Gasteiger partial charge in [-0.1, -0.05) is 0 Å². The first-order valence-corrected chi connectivity index (χ1v) is 7.26. The fourth-order valence-electron chi connectivity index (χ4n) is 1.85. The lowest BCUT2D eigenvalue weighted by Gasteiger charge is -2.25. The van der Waals surface area contributed by atoms with Crippen molar-refractivity contribution >= 4 is 12.0 Å². The third-order valence-electron chi connectivity index (χ3n) is 3.03. The van der Waals surface area contributed by atoms with E-state index in [1.54, 1.807) is 19.1 Å². The fraction of sp³-hybridized carbons (Fsp3) is 0.857. The average molecular weight is 304 g/mol. The molecular formula is C14H28N2O5. The summed E-state index contributed by atoms with van der Waals surface area (Å²) in [5.74, 6) is -0.810. The Kier molecular flexibility index (Phi) is 11.6. The van der Waals surface area contributed by atoms with E-state index in [1.807, 2.05) is 6.92 Å². The van der Waals surface area contributed by atoms with E-state index in [4.69, 9.17) is 14.6 Å². The minimum atomic E-state index is -0.810. The molecule has 0 aliphatic heterocycles. The number of carbonyl (C=O) groups is 2. The van der Waals surface area contributed by atoms with Gasteiger partial charge in [0.05, 0.1) is 6.61 Å². The number of urea groups is 1. The first kappa shape index (κ1) is 19.7. The third kappa shape index (κ3) is 11.0. The van der Waals surface area contributed by atoms with Crippen molar-refractivity contribution < 1.29 is 24.2 Å². The predicted octanol–water partition coefficient (Wildman–Crippen LogP) is 1.32. The summed E-state index contributed by atoms with van der Waals surface area (Å²) in [5.41, 5.74) is 0. The van der Waals surface area contributed by atoms with E-state index in [9.17, 15) is 9.59 Å². The Morgan fingerprint density at radius 2 is 1.81 bits per heavy atom. The fourth-order valence-corrected chi connectivity index (χ4v) is 1.85. The van der Waals surface area contributed by atoms with Crippen molar-refractivity contribution in [3.8, 4) is 0 Å². The molecule has 0 aromatic heterocycles. The summed E-state index contributed by atoms with van der Waals surface area (Å²) in [7, 11) is 3.23. The lowest BCUT2D eigenvalue weighted by molar-refractivity contribution is -0.137. The topological polar surface area (TPSA) is 88.1 Å². The molecule has 2 N–H and O–H groups in total. The highest BCUT2D eigenvalue weighted by Gasteiger charge is 2.15. The van der Waals surface area contributed by atoms with Crippen LogP contribution in [0.25, 0.3) is 0 Å². The molecule has 0 saturated carbocycles. The molecule has 0 aliphatic carbocycles. The molecule has 0 saturated heterocycles. The summed E-state index contributed by atoms with van der Waals surface area (Å²) in [5, 5.41) is 11.5. The number of carboxylic acids is 1. The van der Waals surface area contributed by atoms with Crippen LogP contribution >= 0.6 is 0 Å². The van der Waals surface area contributed by atoms with Gasteiger partial charge in [-0.2, -0.15) is 0 Å². The highest BCUT2D eigenvalue weighted by Crippen LogP contribution is 2.02. The third-order valence-corrected chi connectivity index (χ3v) is 3.03. The maximum Gasteiger partial charge on any atom is 0.317 e. The van der Waals surface area contributed by atoms with Crippen molar-refractivity contribution in [2.45, 2.75) is 38.6 Å². The van der Waals surface area contributed by atoms with Gasteiger partial charge in [0.25, 0.3) is 0 Å². The summed E-state index contributed by atoms with van der Waals surface area (Å²) in [4.78, 5) is 24.3. The summed E-state index contributed by atoms with van der Waals surface area (Å²) >= 11 is 0. The predicted molar refractivity (Wildman–Crippen MR) is 79.4 cm³/mol. The number of nitrogens with zero attached hydrogens (tertiary/aromatic N) is 1. The molecule has 1 unspecified atom stereocenters. The van der Waals surface area contributed by atoms with Crippen molar-refractivity contribution in [3.63, 3.8) is 0 Å². The van der Waals surface area contributed by atoms with Crippen LogP contribution in [0.1, 0.15) is 32.6 Å². The number of carboxylic acid groups (broad SMARTS) is 1. The molecule has 0 rings (SSSR count). The van der Waals surface area contributed by atoms with Gasteiger partial charge in [0.15, 0.2) is 0 Å². The van der Waals surface area contributed by atoms with Crippen LogP contribution in [0.15, 0.2) is 0 Å². The molecule has 7 nitrogen and oxygen atoms in total. The van der Waals surface area contributed by atoms with E-state index in [0.717, 1.165) is 6.42 Å². The summed E-state index contributed by atoms with van der Waals surface area (Å²) in [6.07, 6.45) is 2.09. The van der Waals surface area contributed by atoms with E-state index >= 15 is 0 Å². The summed E-state index contributed by atoms with van der Waals surface area (Å²) < 4.78 is 9.99. The standard InChI is InChI=1S/C14H28N2O5/c1-12(6-4-7-13(17)18)15-14(19)16(9-11-21-3)8-5-10-20-2/h12H,4-11H2,1-3H3,(H,15,19)(H,17,18). The van der Waals surface area contributed by atoms with Crippen LogP contribution in [0.3, 0.4) is 0 Å². The van der Waals surface area contributed by atoms with Crippen LogP contribution in [0.5, 0.6) is 0 Å². The van der Waals surface area contributed by atoms with Crippen molar-refractivity contribution in [3.05, 3.63) is 0 Å². The van der Waals surface area contributed by atoms with E-state index in [2.05, 4.69) is 5.32 Å². The molecule has 0 aromatic rings. The van der Waals surface area contributed by atoms with Gasteiger partial charge in [-0.25, -0.2) is 4.79 Å². The number of rotatable bonds is 12. The second-order valence-electron chi connectivity index (χ2n) is 4.96. The Morgan fingerprint density at radius 3 is 2.38 bits per heavy atom. The molecule has 124 valence electrons. The molecule has 0 fully saturated rings. The van der Waals surface area contributed by atoms with E-state index in [-0.39, 0.29) is 18.5 Å². The molecule has 0 radical (unpaired) electrons. The van der Waals surface area contributed by atoms with Gasteiger partial charge in [-0.05, 0) is 26.2 Å². The smallest absolute Gasteiger partial charge is 0.317 e. The Labute approximate surface area is 126 Å². The number of aliphatic carboxylic acids is 1. The zero-order valence-corrected chi connectivity index (χ0v) is 13.3. The normalized spacial score (nSPS) is 12.0. The molecule has 2 amide bonds. The minimum Gasteiger partial charge on any atom is -0.481 e. The molecule has 0 aromatic carbocycles. The van der Waals surface area contributed by atoms with E-state index < -0.39 is 5.97 Å². The molecule has 0 aliphatic rings. The number of hydrogen-bond acceptors (Lipinski definition) is 4. The van der Waals surface area contributed by atoms with Gasteiger partial charge in [-0.3, -0.25) is 4.79 Å². The van der Waals surface area contributed by atoms with Crippen molar-refractivity contribution in [2.75, 3.05) is 40.5 Å². The maximum atomic E-state index is 12.2. The maximum absolute atomic E-state index is 12.2. The van der Waals surface area contributed by atoms with Gasteiger partial charge >= 0.3 is 12.0 Å². The summed E-state index contributed by atoms with van der Waals surface area (Å²) in [6.45, 7) is 4.08. The molecule has 0 spiro atoms. The quantitative estimate of drug-likeness (QED) is 0.531. The van der Waals surface area contributed by atoms with Crippen molar-refractivity contribution in [2.24, 2.45) is 0 Å². The number of carbonyl (C=O) groups excluding carboxylic acids is 1. The molecule has 7 heteroatoms. The average Bonchev–Trinajstić information content (AvgIpc) is 2.42. The Hall–Kier alpha value is -1.34. The van der Waals surface area contributed by atoms with Crippen molar-refractivity contribution in [1.29, 1.82) is 0 Å².